The minimum atomic E-state index is -3.95. The number of anilines is 1. The highest BCUT2D eigenvalue weighted by Crippen LogP contribution is 2.47. The molecule has 2 aliphatic heterocycles. The number of nitrogens with one attached hydrogen (secondary N) is 1. The smallest absolute Gasteiger partial charge is 0.264 e. The molecular weight excluding hydrogens is 636 g/mol. The predicted molar refractivity (Wildman–Crippen MR) is 184 cm³/mol. The van der Waals surface area contributed by atoms with Crippen LogP contribution in [0.25, 0.3) is 0 Å². The lowest BCUT2D eigenvalue weighted by atomic mass is 9.63. The minimum absolute atomic E-state index is 0.0640. The highest BCUT2D eigenvalue weighted by molar-refractivity contribution is 7.90. The van der Waals surface area contributed by atoms with Gasteiger partial charge in [0.25, 0.3) is 5.91 Å². The van der Waals surface area contributed by atoms with Gasteiger partial charge in [-0.2, -0.15) is 0 Å². The molecule has 9 nitrogen and oxygen atoms in total. The highest BCUT2D eigenvalue weighted by Gasteiger charge is 2.47. The number of carbonyl (C=O) groups is 1. The van der Waals surface area contributed by atoms with E-state index in [2.05, 4.69) is 14.6 Å². The van der Waals surface area contributed by atoms with Crippen LogP contribution in [-0.2, 0) is 29.6 Å². The molecule has 3 aromatic rings. The van der Waals surface area contributed by atoms with Crippen LogP contribution in [0.2, 0.25) is 5.02 Å². The van der Waals surface area contributed by atoms with E-state index in [4.69, 9.17) is 16.3 Å². The summed E-state index contributed by atoms with van der Waals surface area (Å²) in [6.45, 7) is 7.73. The summed E-state index contributed by atoms with van der Waals surface area (Å²) < 4.78 is 37.7. The van der Waals surface area contributed by atoms with Gasteiger partial charge in [0, 0.05) is 36.1 Å². The number of hydrogen-bond donors (Lipinski definition) is 2. The first-order valence-corrected chi connectivity index (χ1v) is 18.9. The number of ether oxygens (including phenoxy) is 1. The summed E-state index contributed by atoms with van der Waals surface area (Å²) in [6.07, 6.45) is 10.2. The number of imidazole rings is 1. The molecule has 1 saturated carbocycles. The van der Waals surface area contributed by atoms with Crippen molar-refractivity contribution in [3.8, 4) is 5.75 Å². The van der Waals surface area contributed by atoms with Crippen molar-refractivity contribution in [2.45, 2.75) is 96.1 Å². The molecule has 11 heteroatoms. The van der Waals surface area contributed by atoms with E-state index in [1.54, 1.807) is 31.3 Å². The fraction of sp³-hybridized carbons (Fsp3) is 0.556. The van der Waals surface area contributed by atoms with Crippen LogP contribution in [0.1, 0.15) is 86.1 Å². The van der Waals surface area contributed by atoms with Gasteiger partial charge >= 0.3 is 0 Å². The Kier molecular flexibility index (Phi) is 9.93. The third kappa shape index (κ3) is 7.34. The normalized spacial score (nSPS) is 28.4. The second-order valence-corrected chi connectivity index (χ2v) is 16.5. The fourth-order valence-electron chi connectivity index (χ4n) is 7.66. The monoisotopic (exact) mass is 682 g/mol. The third-order valence-electron chi connectivity index (χ3n) is 11.0. The van der Waals surface area contributed by atoms with E-state index in [0.29, 0.717) is 49.7 Å². The maximum Gasteiger partial charge on any atom is 0.264 e. The van der Waals surface area contributed by atoms with Crippen LogP contribution in [0.4, 0.5) is 5.69 Å². The van der Waals surface area contributed by atoms with E-state index in [0.717, 1.165) is 55.7 Å². The van der Waals surface area contributed by atoms with Crippen LogP contribution in [0, 0.1) is 24.7 Å². The summed E-state index contributed by atoms with van der Waals surface area (Å²) >= 11 is 6.35. The Bertz CT molecular complexity index is 1710. The van der Waals surface area contributed by atoms with Crippen LogP contribution in [0.5, 0.6) is 5.75 Å². The molecule has 5 atom stereocenters. The van der Waals surface area contributed by atoms with Crippen molar-refractivity contribution in [3.63, 3.8) is 0 Å². The Hall–Kier alpha value is -3.08. The number of carbonyl (C=O) groups excluding carboxylic acids is 1. The zero-order valence-corrected chi connectivity index (χ0v) is 29.2. The first kappa shape index (κ1) is 33.8. The number of aromatic nitrogens is 2. The Morgan fingerprint density at radius 3 is 2.66 bits per heavy atom. The minimum Gasteiger partial charge on any atom is -0.487 e. The van der Waals surface area contributed by atoms with Gasteiger partial charge in [0.15, 0.2) is 0 Å². The highest BCUT2D eigenvalue weighted by atomic mass is 35.5. The number of nitrogens with zero attached hydrogens (tertiary/aromatic N) is 3. The summed E-state index contributed by atoms with van der Waals surface area (Å²) in [7, 11) is -3.95. The number of hydrogen-bond acceptors (Lipinski definition) is 7. The molecule has 1 aliphatic carbocycles. The number of aliphatic hydroxyl groups is 1. The molecule has 0 spiro atoms. The lowest BCUT2D eigenvalue weighted by molar-refractivity contribution is -0.0995. The van der Waals surface area contributed by atoms with Crippen molar-refractivity contribution in [1.29, 1.82) is 0 Å². The zero-order chi connectivity index (χ0) is 33.3. The van der Waals surface area contributed by atoms with Gasteiger partial charge in [0.1, 0.15) is 18.2 Å². The number of halogens is 1. The fourth-order valence-corrected chi connectivity index (χ4v) is 9.16. The summed E-state index contributed by atoms with van der Waals surface area (Å²) in [5, 5.41) is 12.4. The molecular formula is C36H47ClN4O5S. The molecule has 0 radical (unpaired) electrons. The van der Waals surface area contributed by atoms with E-state index in [1.165, 1.54) is 5.56 Å². The quantitative estimate of drug-likeness (QED) is 0.327. The standard InChI is InChI=1S/C36H47ClN4O5S/c1-24-7-6-15-36(43,23-41-18-16-38-26(41)3)32-13-10-29(32)21-40-17-5-4-8-27-19-31(37)12-9-30(27)22-46-34-14-11-28(20-33(34)40)35(42)39-47(44,45)25(24)2/h9,11-12,14,16,18-20,24-25,29,32,43H,4-8,10,13,15,17,21-23H2,1-3H3,(H,39,42)/t24-,25+,29-,32+,36-/m0/s1. The van der Waals surface area contributed by atoms with Gasteiger partial charge in [0.05, 0.1) is 23.1 Å². The predicted octanol–water partition coefficient (Wildman–Crippen LogP) is 6.29. The van der Waals surface area contributed by atoms with Crippen LogP contribution in [0.15, 0.2) is 48.8 Å². The molecule has 3 aliphatic rings. The van der Waals surface area contributed by atoms with Crippen LogP contribution >= 0.6 is 11.6 Å². The van der Waals surface area contributed by atoms with Crippen molar-refractivity contribution in [3.05, 3.63) is 76.3 Å². The molecule has 0 saturated heterocycles. The second kappa shape index (κ2) is 13.8. The molecule has 1 amide bonds. The molecule has 47 heavy (non-hydrogen) atoms. The second-order valence-electron chi connectivity index (χ2n) is 14.0. The van der Waals surface area contributed by atoms with Crippen molar-refractivity contribution >= 4 is 33.2 Å². The molecule has 254 valence electrons. The third-order valence-corrected chi connectivity index (χ3v) is 13.1. The lowest BCUT2D eigenvalue weighted by Gasteiger charge is -2.49. The number of sulfonamides is 1. The van der Waals surface area contributed by atoms with E-state index in [-0.39, 0.29) is 23.3 Å². The zero-order valence-electron chi connectivity index (χ0n) is 27.6. The summed E-state index contributed by atoms with van der Waals surface area (Å²) in [5.41, 5.74) is 2.30. The topological polar surface area (TPSA) is 114 Å². The van der Waals surface area contributed by atoms with Gasteiger partial charge in [-0.25, -0.2) is 18.1 Å². The number of amides is 1. The van der Waals surface area contributed by atoms with Gasteiger partial charge in [-0.05, 0) is 118 Å². The van der Waals surface area contributed by atoms with Gasteiger partial charge in [-0.15, -0.1) is 0 Å². The Labute approximate surface area is 283 Å². The van der Waals surface area contributed by atoms with Crippen LogP contribution in [0.3, 0.4) is 0 Å². The molecule has 1 aromatic heterocycles. The number of aryl methyl sites for hydroxylation is 2. The number of rotatable bonds is 2. The average molecular weight is 683 g/mol. The Morgan fingerprint density at radius 2 is 1.91 bits per heavy atom. The van der Waals surface area contributed by atoms with Crippen molar-refractivity contribution in [1.82, 2.24) is 14.3 Å². The van der Waals surface area contributed by atoms with Crippen LogP contribution < -0.4 is 14.4 Å². The van der Waals surface area contributed by atoms with Crippen molar-refractivity contribution in [2.75, 3.05) is 18.0 Å². The van der Waals surface area contributed by atoms with E-state index in [9.17, 15) is 18.3 Å². The average Bonchev–Trinajstić information content (AvgIpc) is 3.40. The first-order valence-electron chi connectivity index (χ1n) is 17.0. The molecule has 0 unspecified atom stereocenters. The van der Waals surface area contributed by atoms with Gasteiger partial charge in [-0.3, -0.25) is 4.79 Å². The van der Waals surface area contributed by atoms with Crippen molar-refractivity contribution < 1.29 is 23.1 Å². The molecule has 3 heterocycles. The maximum absolute atomic E-state index is 13.5. The molecule has 2 bridgehead atoms. The summed E-state index contributed by atoms with van der Waals surface area (Å²) in [6, 6.07) is 11.1. The number of fused-ring (bicyclic) bond motifs is 3. The van der Waals surface area contributed by atoms with Gasteiger partial charge in [-0.1, -0.05) is 31.0 Å². The molecule has 2 aromatic carbocycles. The van der Waals surface area contributed by atoms with Gasteiger partial charge in [0.2, 0.25) is 10.0 Å². The summed E-state index contributed by atoms with van der Waals surface area (Å²) in [4.78, 5) is 20.2. The largest absolute Gasteiger partial charge is 0.487 e. The molecule has 1 fully saturated rings. The molecule has 2 N–H and O–H groups in total. The lowest BCUT2D eigenvalue weighted by Crippen LogP contribution is -2.53. The maximum atomic E-state index is 13.5. The van der Waals surface area contributed by atoms with Crippen molar-refractivity contribution in [2.24, 2.45) is 17.8 Å². The van der Waals surface area contributed by atoms with E-state index < -0.39 is 26.8 Å². The summed E-state index contributed by atoms with van der Waals surface area (Å²) in [5.74, 6) is 0.946. The SMILES string of the molecule is Cc1nccn1C[C@@]1(O)CCC[C@H](C)[C@@H](C)S(=O)(=O)NC(=O)c2ccc3c(c2)N(CCCCc2cc(Cl)ccc2CO3)C[C@@H]2CC[C@H]21. The van der Waals surface area contributed by atoms with Gasteiger partial charge < -0.3 is 19.3 Å². The van der Waals surface area contributed by atoms with E-state index >= 15 is 0 Å². The van der Waals surface area contributed by atoms with Crippen LogP contribution in [-0.4, -0.2) is 52.9 Å². The Balaban J connectivity index is 1.40. The first-order chi connectivity index (χ1) is 22.4. The molecule has 6 rings (SSSR count). The Morgan fingerprint density at radius 1 is 1.09 bits per heavy atom. The van der Waals surface area contributed by atoms with E-state index in [1.807, 2.05) is 42.8 Å². The number of benzene rings is 2.